The number of amides is 1. The van der Waals surface area contributed by atoms with E-state index in [-0.39, 0.29) is 5.91 Å². The SMILES string of the molecule is O=C(CCNC1CC2CCC1C2)N1CCOCC1. The standard InChI is InChI=1S/C14H24N2O2/c17-14(16-5-7-18-8-6-16)3-4-15-13-10-11-1-2-12(13)9-11/h11-13,15H,1-10H2. The largest absolute Gasteiger partial charge is 0.378 e. The van der Waals surface area contributed by atoms with E-state index in [2.05, 4.69) is 5.32 Å². The second kappa shape index (κ2) is 5.57. The number of carbonyl (C=O) groups is 1. The lowest BCUT2D eigenvalue weighted by molar-refractivity contribution is -0.135. The molecule has 4 nitrogen and oxygen atoms in total. The molecule has 1 N–H and O–H groups in total. The highest BCUT2D eigenvalue weighted by atomic mass is 16.5. The fourth-order valence-electron chi connectivity index (χ4n) is 3.83. The average Bonchev–Trinajstić information content (AvgIpc) is 3.02. The molecule has 3 aliphatic rings. The molecule has 0 aromatic carbocycles. The number of rotatable bonds is 4. The van der Waals surface area contributed by atoms with E-state index in [0.717, 1.165) is 31.5 Å². The topological polar surface area (TPSA) is 41.6 Å². The molecule has 2 aliphatic carbocycles. The summed E-state index contributed by atoms with van der Waals surface area (Å²) in [4.78, 5) is 13.9. The van der Waals surface area contributed by atoms with Crippen LogP contribution in [0.2, 0.25) is 0 Å². The first-order valence-corrected chi connectivity index (χ1v) is 7.42. The number of carbonyl (C=O) groups excluding carboxylic acids is 1. The summed E-state index contributed by atoms with van der Waals surface area (Å²) in [6, 6.07) is 0.696. The summed E-state index contributed by atoms with van der Waals surface area (Å²) in [6.45, 7) is 3.79. The molecule has 3 unspecified atom stereocenters. The second-order valence-electron chi connectivity index (χ2n) is 5.98. The first-order chi connectivity index (χ1) is 8.83. The van der Waals surface area contributed by atoms with Crippen LogP contribution < -0.4 is 5.32 Å². The molecule has 18 heavy (non-hydrogen) atoms. The van der Waals surface area contributed by atoms with E-state index in [1.54, 1.807) is 0 Å². The van der Waals surface area contributed by atoms with Gasteiger partial charge in [-0.05, 0) is 31.1 Å². The first kappa shape index (κ1) is 12.4. The molecule has 3 rings (SSSR count). The molecule has 0 spiro atoms. The van der Waals surface area contributed by atoms with E-state index in [9.17, 15) is 4.79 Å². The highest BCUT2D eigenvalue weighted by molar-refractivity contribution is 5.76. The molecule has 1 saturated heterocycles. The number of hydrogen-bond acceptors (Lipinski definition) is 3. The smallest absolute Gasteiger partial charge is 0.224 e. The molecule has 2 saturated carbocycles. The van der Waals surface area contributed by atoms with Crippen molar-refractivity contribution >= 4 is 5.91 Å². The minimum Gasteiger partial charge on any atom is -0.378 e. The Morgan fingerprint density at radius 1 is 1.22 bits per heavy atom. The lowest BCUT2D eigenvalue weighted by atomic mass is 9.95. The van der Waals surface area contributed by atoms with Crippen LogP contribution in [0.5, 0.6) is 0 Å². The van der Waals surface area contributed by atoms with Gasteiger partial charge in [0.05, 0.1) is 13.2 Å². The molecule has 0 aromatic rings. The maximum atomic E-state index is 12.0. The van der Waals surface area contributed by atoms with E-state index >= 15 is 0 Å². The van der Waals surface area contributed by atoms with Crippen LogP contribution in [0, 0.1) is 11.8 Å². The van der Waals surface area contributed by atoms with Crippen molar-refractivity contribution in [2.45, 2.75) is 38.1 Å². The van der Waals surface area contributed by atoms with E-state index in [1.807, 2.05) is 4.90 Å². The van der Waals surface area contributed by atoms with Crippen LogP contribution in [-0.2, 0) is 9.53 Å². The summed E-state index contributed by atoms with van der Waals surface area (Å²) in [6.07, 6.45) is 6.26. The number of hydrogen-bond donors (Lipinski definition) is 1. The van der Waals surface area contributed by atoms with Gasteiger partial charge in [0, 0.05) is 32.1 Å². The molecular formula is C14H24N2O2. The second-order valence-corrected chi connectivity index (χ2v) is 5.98. The van der Waals surface area contributed by atoms with Crippen molar-refractivity contribution < 1.29 is 9.53 Å². The van der Waals surface area contributed by atoms with Crippen LogP contribution in [0.25, 0.3) is 0 Å². The lowest BCUT2D eigenvalue weighted by Crippen LogP contribution is -2.42. The van der Waals surface area contributed by atoms with Crippen molar-refractivity contribution in [2.75, 3.05) is 32.8 Å². The van der Waals surface area contributed by atoms with Crippen LogP contribution in [0.15, 0.2) is 0 Å². The van der Waals surface area contributed by atoms with Crippen LogP contribution >= 0.6 is 0 Å². The zero-order valence-corrected chi connectivity index (χ0v) is 11.1. The summed E-state index contributed by atoms with van der Waals surface area (Å²) in [5, 5.41) is 3.60. The Labute approximate surface area is 109 Å². The number of ether oxygens (including phenoxy) is 1. The van der Waals surface area contributed by atoms with Crippen molar-refractivity contribution in [1.29, 1.82) is 0 Å². The third-order valence-corrected chi connectivity index (χ3v) is 4.85. The molecule has 102 valence electrons. The number of nitrogens with one attached hydrogen (secondary N) is 1. The number of morpholine rings is 1. The average molecular weight is 252 g/mol. The van der Waals surface area contributed by atoms with Crippen molar-refractivity contribution in [1.82, 2.24) is 10.2 Å². The minimum atomic E-state index is 0.286. The van der Waals surface area contributed by atoms with Gasteiger partial charge in [-0.2, -0.15) is 0 Å². The number of fused-ring (bicyclic) bond motifs is 2. The predicted octanol–water partition coefficient (Wildman–Crippen LogP) is 1.01. The van der Waals surface area contributed by atoms with Gasteiger partial charge in [-0.3, -0.25) is 4.79 Å². The maximum Gasteiger partial charge on any atom is 0.224 e. The van der Waals surface area contributed by atoms with Gasteiger partial charge < -0.3 is 15.0 Å². The third kappa shape index (κ3) is 2.69. The van der Waals surface area contributed by atoms with E-state index in [1.165, 1.54) is 25.7 Å². The van der Waals surface area contributed by atoms with Gasteiger partial charge in [-0.15, -0.1) is 0 Å². The molecule has 3 atom stereocenters. The normalized spacial score (nSPS) is 35.1. The fourth-order valence-corrected chi connectivity index (χ4v) is 3.83. The molecule has 1 heterocycles. The lowest BCUT2D eigenvalue weighted by Gasteiger charge is -2.28. The Bertz CT molecular complexity index is 302. The van der Waals surface area contributed by atoms with Gasteiger partial charge in [0.25, 0.3) is 0 Å². The van der Waals surface area contributed by atoms with Crippen molar-refractivity contribution in [2.24, 2.45) is 11.8 Å². The van der Waals surface area contributed by atoms with Gasteiger partial charge in [0.15, 0.2) is 0 Å². The Morgan fingerprint density at radius 2 is 2.06 bits per heavy atom. The molecular weight excluding hydrogens is 228 g/mol. The van der Waals surface area contributed by atoms with Gasteiger partial charge in [0.1, 0.15) is 0 Å². The quantitative estimate of drug-likeness (QED) is 0.812. The first-order valence-electron chi connectivity index (χ1n) is 7.42. The molecule has 4 heteroatoms. The van der Waals surface area contributed by atoms with Gasteiger partial charge in [-0.1, -0.05) is 6.42 Å². The Morgan fingerprint density at radius 3 is 2.72 bits per heavy atom. The zero-order chi connectivity index (χ0) is 12.4. The summed E-state index contributed by atoms with van der Waals surface area (Å²) in [7, 11) is 0. The fraction of sp³-hybridized carbons (Fsp3) is 0.929. The van der Waals surface area contributed by atoms with Gasteiger partial charge in [0.2, 0.25) is 5.91 Å². The van der Waals surface area contributed by atoms with Crippen molar-refractivity contribution in [3.8, 4) is 0 Å². The van der Waals surface area contributed by atoms with Crippen LogP contribution in [0.1, 0.15) is 32.1 Å². The highest BCUT2D eigenvalue weighted by Gasteiger charge is 2.38. The molecule has 1 amide bonds. The van der Waals surface area contributed by atoms with Gasteiger partial charge >= 0.3 is 0 Å². The highest BCUT2D eigenvalue weighted by Crippen LogP contribution is 2.44. The number of nitrogens with zero attached hydrogens (tertiary/aromatic N) is 1. The van der Waals surface area contributed by atoms with E-state index < -0.39 is 0 Å². The Hall–Kier alpha value is -0.610. The molecule has 0 radical (unpaired) electrons. The summed E-state index contributed by atoms with van der Waals surface area (Å²) >= 11 is 0. The van der Waals surface area contributed by atoms with Crippen molar-refractivity contribution in [3.05, 3.63) is 0 Å². The Kier molecular flexibility index (Phi) is 3.85. The summed E-state index contributed by atoms with van der Waals surface area (Å²) in [5.74, 6) is 2.16. The molecule has 1 aliphatic heterocycles. The van der Waals surface area contributed by atoms with Crippen LogP contribution in [-0.4, -0.2) is 49.7 Å². The van der Waals surface area contributed by atoms with Crippen LogP contribution in [0.3, 0.4) is 0 Å². The van der Waals surface area contributed by atoms with Crippen LogP contribution in [0.4, 0.5) is 0 Å². The summed E-state index contributed by atoms with van der Waals surface area (Å²) < 4.78 is 5.26. The van der Waals surface area contributed by atoms with E-state index in [4.69, 9.17) is 4.74 Å². The molecule has 3 fully saturated rings. The predicted molar refractivity (Wildman–Crippen MR) is 69.3 cm³/mol. The maximum absolute atomic E-state index is 12.0. The third-order valence-electron chi connectivity index (χ3n) is 4.85. The monoisotopic (exact) mass is 252 g/mol. The van der Waals surface area contributed by atoms with Gasteiger partial charge in [-0.25, -0.2) is 0 Å². The Balaban J connectivity index is 1.35. The van der Waals surface area contributed by atoms with E-state index in [0.29, 0.717) is 25.7 Å². The molecule has 0 aromatic heterocycles. The minimum absolute atomic E-state index is 0.286. The zero-order valence-electron chi connectivity index (χ0n) is 11.1. The summed E-state index contributed by atoms with van der Waals surface area (Å²) in [5.41, 5.74) is 0. The molecule has 2 bridgehead atoms. The van der Waals surface area contributed by atoms with Crippen molar-refractivity contribution in [3.63, 3.8) is 0 Å².